The van der Waals surface area contributed by atoms with E-state index < -0.39 is 24.1 Å². The van der Waals surface area contributed by atoms with Crippen molar-refractivity contribution in [2.24, 2.45) is 5.92 Å². The molecule has 16 heteroatoms. The fourth-order valence-electron chi connectivity index (χ4n) is 5.72. The molecular formula is C30H30ClF4N9O2. The third-order valence-electron chi connectivity index (χ3n) is 8.24. The van der Waals surface area contributed by atoms with Crippen LogP contribution in [0.5, 0.6) is 5.88 Å². The highest BCUT2D eigenvalue weighted by Crippen LogP contribution is 2.29. The van der Waals surface area contributed by atoms with Gasteiger partial charge in [0.15, 0.2) is 5.82 Å². The van der Waals surface area contributed by atoms with Gasteiger partial charge in [0.2, 0.25) is 11.7 Å². The van der Waals surface area contributed by atoms with Crippen molar-refractivity contribution >= 4 is 28.5 Å². The third kappa shape index (κ3) is 6.71. The molecule has 0 saturated carbocycles. The van der Waals surface area contributed by atoms with E-state index in [4.69, 9.17) is 26.1 Å². The summed E-state index contributed by atoms with van der Waals surface area (Å²) in [5, 5.41) is 9.49. The quantitative estimate of drug-likeness (QED) is 0.223. The molecule has 2 N–H and O–H groups in total. The van der Waals surface area contributed by atoms with Crippen LogP contribution in [0.1, 0.15) is 24.5 Å². The lowest BCUT2D eigenvalue weighted by atomic mass is 10.00. The number of alkyl halides is 4. The normalized spacial score (nSPS) is 23.5. The zero-order valence-corrected chi connectivity index (χ0v) is 25.2. The number of halogens is 5. The number of ether oxygens (including phenoxy) is 2. The average Bonchev–Trinajstić information content (AvgIpc) is 3.74. The number of nitrogens with zero attached hydrogens (tertiary/aromatic N) is 7. The molecule has 2 saturated heterocycles. The maximum Gasteiger partial charge on any atom is 0.451 e. The van der Waals surface area contributed by atoms with Gasteiger partial charge in [0, 0.05) is 42.8 Å². The SMILES string of the molecule is FC1C=C(Cl)C=CC1COc1cccc(N[C@@H]2CCN(Cc3nc4cc(-c5n[nH]c(C(F)(F)F)n5)ncc4n3C[C@@H]3CCO3)C2)n1. The first-order valence-corrected chi connectivity index (χ1v) is 15.3. The highest BCUT2D eigenvalue weighted by atomic mass is 35.5. The molecule has 2 aliphatic heterocycles. The highest BCUT2D eigenvalue weighted by molar-refractivity contribution is 6.31. The zero-order valence-electron chi connectivity index (χ0n) is 24.4. The lowest BCUT2D eigenvalue weighted by molar-refractivity contribution is -0.144. The summed E-state index contributed by atoms with van der Waals surface area (Å²) in [6.45, 7) is 3.56. The van der Waals surface area contributed by atoms with E-state index in [0.29, 0.717) is 41.9 Å². The standard InChI is InChI=1S/C30H30ClF4N9O2/c31-18-5-4-17(21(32)10-18)16-46-27-3-1-2-25(39-27)37-19-6-8-43(13-19)15-26-38-22-11-23(28-40-29(42-41-28)30(33,34)35)36-12-24(22)44(26)14-20-7-9-45-20/h1-5,10-12,17,19-21H,6-9,13-16H2,(H,37,39)(H,40,41,42)/t17?,19-,20+,21?/m1/s1. The van der Waals surface area contributed by atoms with Crippen LogP contribution in [0.2, 0.25) is 0 Å². The van der Waals surface area contributed by atoms with Crippen LogP contribution < -0.4 is 10.1 Å². The second-order valence-electron chi connectivity index (χ2n) is 11.5. The Morgan fingerprint density at radius 2 is 2.04 bits per heavy atom. The van der Waals surface area contributed by atoms with Crippen LogP contribution in [0.3, 0.4) is 0 Å². The number of aromatic nitrogens is 7. The van der Waals surface area contributed by atoms with E-state index in [-0.39, 0.29) is 30.3 Å². The Bertz CT molecular complexity index is 1770. The summed E-state index contributed by atoms with van der Waals surface area (Å²) in [4.78, 5) is 19.6. The van der Waals surface area contributed by atoms with Gasteiger partial charge in [-0.1, -0.05) is 23.7 Å². The molecule has 1 aliphatic carbocycles. The van der Waals surface area contributed by atoms with Crippen LogP contribution in [-0.4, -0.2) is 84.2 Å². The lowest BCUT2D eigenvalue weighted by Crippen LogP contribution is -2.33. The summed E-state index contributed by atoms with van der Waals surface area (Å²) in [6.07, 6.45) is 2.36. The Hall–Kier alpha value is -4.08. The van der Waals surface area contributed by atoms with Crippen molar-refractivity contribution in [3.8, 4) is 17.4 Å². The van der Waals surface area contributed by atoms with Gasteiger partial charge in [0.1, 0.15) is 23.5 Å². The number of anilines is 1. The molecule has 4 atom stereocenters. The van der Waals surface area contributed by atoms with E-state index in [9.17, 15) is 17.6 Å². The number of fused-ring (bicyclic) bond motifs is 1. The molecule has 4 aromatic rings. The van der Waals surface area contributed by atoms with E-state index in [1.54, 1.807) is 30.5 Å². The van der Waals surface area contributed by atoms with Crippen molar-refractivity contribution < 1.29 is 27.0 Å². The van der Waals surface area contributed by atoms with E-state index in [1.165, 1.54) is 6.08 Å². The maximum absolute atomic E-state index is 14.3. The minimum atomic E-state index is -4.64. The second kappa shape index (κ2) is 12.6. The van der Waals surface area contributed by atoms with Crippen molar-refractivity contribution in [1.29, 1.82) is 0 Å². The number of pyridine rings is 2. The van der Waals surface area contributed by atoms with Crippen molar-refractivity contribution in [2.45, 2.75) is 50.4 Å². The number of imidazole rings is 1. The Morgan fingerprint density at radius 3 is 2.80 bits per heavy atom. The number of aromatic amines is 1. The van der Waals surface area contributed by atoms with Crippen molar-refractivity contribution in [3.05, 3.63) is 65.4 Å². The number of hydrogen-bond acceptors (Lipinski definition) is 9. The van der Waals surface area contributed by atoms with Crippen LogP contribution in [-0.2, 0) is 24.0 Å². The van der Waals surface area contributed by atoms with Gasteiger partial charge in [-0.25, -0.2) is 14.4 Å². The molecule has 0 spiro atoms. The molecule has 0 bridgehead atoms. The zero-order chi connectivity index (χ0) is 31.8. The summed E-state index contributed by atoms with van der Waals surface area (Å²) >= 11 is 5.87. The van der Waals surface area contributed by atoms with Gasteiger partial charge in [0.05, 0.1) is 43.0 Å². The third-order valence-corrected chi connectivity index (χ3v) is 8.49. The van der Waals surface area contributed by atoms with Crippen LogP contribution in [0, 0.1) is 5.92 Å². The molecule has 3 aliphatic rings. The van der Waals surface area contributed by atoms with Gasteiger partial charge in [-0.3, -0.25) is 15.0 Å². The monoisotopic (exact) mass is 659 g/mol. The number of rotatable bonds is 10. The molecule has 7 rings (SSSR count). The van der Waals surface area contributed by atoms with Gasteiger partial charge < -0.3 is 19.4 Å². The predicted molar refractivity (Wildman–Crippen MR) is 161 cm³/mol. The smallest absolute Gasteiger partial charge is 0.451 e. The molecule has 0 radical (unpaired) electrons. The maximum atomic E-state index is 14.3. The van der Waals surface area contributed by atoms with Crippen molar-refractivity contribution in [3.63, 3.8) is 0 Å². The minimum Gasteiger partial charge on any atom is -0.477 e. The topological polar surface area (TPSA) is 119 Å². The highest BCUT2D eigenvalue weighted by Gasteiger charge is 2.35. The number of hydrogen-bond donors (Lipinski definition) is 2. The van der Waals surface area contributed by atoms with Gasteiger partial charge in [-0.15, -0.1) is 0 Å². The second-order valence-corrected chi connectivity index (χ2v) is 12.0. The van der Waals surface area contributed by atoms with E-state index in [2.05, 4.69) is 34.8 Å². The number of H-pyrrole nitrogens is 1. The largest absolute Gasteiger partial charge is 0.477 e. The van der Waals surface area contributed by atoms with Gasteiger partial charge in [-0.2, -0.15) is 23.3 Å². The molecule has 11 nitrogen and oxygen atoms in total. The number of nitrogens with one attached hydrogen (secondary N) is 2. The molecule has 242 valence electrons. The molecule has 2 unspecified atom stereocenters. The van der Waals surface area contributed by atoms with Gasteiger partial charge in [0.25, 0.3) is 0 Å². The molecule has 6 heterocycles. The number of allylic oxidation sites excluding steroid dienone is 3. The lowest BCUT2D eigenvalue weighted by Gasteiger charge is -2.28. The first-order valence-electron chi connectivity index (χ1n) is 14.9. The Kier molecular flexibility index (Phi) is 8.38. The van der Waals surface area contributed by atoms with Gasteiger partial charge >= 0.3 is 6.18 Å². The number of likely N-dealkylation sites (tertiary alicyclic amines) is 1. The van der Waals surface area contributed by atoms with Crippen LogP contribution in [0.4, 0.5) is 23.4 Å². The minimum absolute atomic E-state index is 0.0610. The summed E-state index contributed by atoms with van der Waals surface area (Å²) < 4.78 is 66.9. The van der Waals surface area contributed by atoms with Crippen LogP contribution in [0.15, 0.2) is 53.7 Å². The Balaban J connectivity index is 1.02. The van der Waals surface area contributed by atoms with Crippen LogP contribution in [0.25, 0.3) is 22.6 Å². The van der Waals surface area contributed by atoms with Crippen LogP contribution >= 0.6 is 11.6 Å². The summed E-state index contributed by atoms with van der Waals surface area (Å²) in [5.74, 6) is 0.112. The molecule has 0 amide bonds. The Morgan fingerprint density at radius 1 is 1.17 bits per heavy atom. The first kappa shape index (κ1) is 30.6. The Labute approximate surface area is 265 Å². The summed E-state index contributed by atoms with van der Waals surface area (Å²) in [7, 11) is 0. The fraction of sp³-hybridized carbons (Fsp3) is 0.433. The van der Waals surface area contributed by atoms with E-state index >= 15 is 0 Å². The van der Waals surface area contributed by atoms with E-state index in [0.717, 1.165) is 37.3 Å². The summed E-state index contributed by atoms with van der Waals surface area (Å²) in [6, 6.07) is 7.18. The average molecular weight is 660 g/mol. The van der Waals surface area contributed by atoms with E-state index in [1.807, 2.05) is 17.2 Å². The molecular weight excluding hydrogens is 630 g/mol. The summed E-state index contributed by atoms with van der Waals surface area (Å²) in [5.41, 5.74) is 1.55. The molecule has 0 aromatic carbocycles. The molecule has 2 fully saturated rings. The first-order chi connectivity index (χ1) is 22.2. The predicted octanol–water partition coefficient (Wildman–Crippen LogP) is 5.13. The fourth-order valence-corrected chi connectivity index (χ4v) is 5.91. The van der Waals surface area contributed by atoms with Crippen molar-refractivity contribution in [2.75, 3.05) is 31.6 Å². The van der Waals surface area contributed by atoms with Crippen molar-refractivity contribution in [1.82, 2.24) is 39.6 Å². The van der Waals surface area contributed by atoms with Gasteiger partial charge in [-0.05, 0) is 37.1 Å². The molecule has 4 aromatic heterocycles. The molecule has 46 heavy (non-hydrogen) atoms.